The number of likely N-dealkylation sites (tertiary alicyclic amines) is 1. The topological polar surface area (TPSA) is 35.6 Å². The van der Waals surface area contributed by atoms with E-state index in [0.717, 1.165) is 24.3 Å². The lowest BCUT2D eigenvalue weighted by Crippen LogP contribution is -2.24. The van der Waals surface area contributed by atoms with Gasteiger partial charge in [0, 0.05) is 32.4 Å². The third-order valence-electron chi connectivity index (χ3n) is 3.57. The molecule has 0 spiro atoms. The van der Waals surface area contributed by atoms with Crippen LogP contribution in [0.2, 0.25) is 0 Å². The number of carbonyl (C=O) groups excluding carboxylic acids is 1. The fourth-order valence-corrected chi connectivity index (χ4v) is 2.34. The van der Waals surface area contributed by atoms with E-state index in [9.17, 15) is 4.79 Å². The second-order valence-corrected chi connectivity index (χ2v) is 5.55. The normalized spacial score (nSPS) is 19.4. The molecule has 19 heavy (non-hydrogen) atoms. The Hall–Kier alpha value is -1.55. The van der Waals surface area contributed by atoms with Gasteiger partial charge < -0.3 is 15.1 Å². The fourth-order valence-electron chi connectivity index (χ4n) is 2.34. The highest BCUT2D eigenvalue weighted by atomic mass is 16.2. The van der Waals surface area contributed by atoms with Gasteiger partial charge in [-0.25, -0.2) is 0 Å². The van der Waals surface area contributed by atoms with Crippen molar-refractivity contribution in [3.05, 3.63) is 29.8 Å². The summed E-state index contributed by atoms with van der Waals surface area (Å²) in [5.74, 6) is 0.137. The van der Waals surface area contributed by atoms with E-state index in [1.54, 1.807) is 19.0 Å². The van der Waals surface area contributed by atoms with Gasteiger partial charge in [0.05, 0.1) is 6.42 Å². The molecule has 1 aromatic rings. The summed E-state index contributed by atoms with van der Waals surface area (Å²) in [6.07, 6.45) is 1.66. The SMILES string of the molecule is CN1CCC(Nc2ccc(CC(=O)N(C)C)cc2)C1. The molecule has 1 aliphatic heterocycles. The average Bonchev–Trinajstić information content (AvgIpc) is 2.77. The van der Waals surface area contributed by atoms with Crippen LogP contribution in [0.25, 0.3) is 0 Å². The zero-order valence-corrected chi connectivity index (χ0v) is 12.0. The number of nitrogens with one attached hydrogen (secondary N) is 1. The summed E-state index contributed by atoms with van der Waals surface area (Å²) >= 11 is 0. The molecule has 1 unspecified atom stereocenters. The van der Waals surface area contributed by atoms with Crippen LogP contribution in [0.1, 0.15) is 12.0 Å². The summed E-state index contributed by atoms with van der Waals surface area (Å²) in [5.41, 5.74) is 2.20. The average molecular weight is 261 g/mol. The number of amides is 1. The van der Waals surface area contributed by atoms with Crippen LogP contribution in [0.4, 0.5) is 5.69 Å². The molecule has 1 aliphatic rings. The highest BCUT2D eigenvalue weighted by Crippen LogP contribution is 2.16. The van der Waals surface area contributed by atoms with E-state index in [1.165, 1.54) is 6.42 Å². The molecular weight excluding hydrogens is 238 g/mol. The number of rotatable bonds is 4. The molecule has 1 amide bonds. The lowest BCUT2D eigenvalue weighted by molar-refractivity contribution is -0.127. The van der Waals surface area contributed by atoms with Crippen molar-refractivity contribution in [1.29, 1.82) is 0 Å². The number of nitrogens with zero attached hydrogens (tertiary/aromatic N) is 2. The van der Waals surface area contributed by atoms with Crippen LogP contribution in [0.5, 0.6) is 0 Å². The highest BCUT2D eigenvalue weighted by Gasteiger charge is 2.18. The van der Waals surface area contributed by atoms with Crippen molar-refractivity contribution >= 4 is 11.6 Å². The molecule has 0 bridgehead atoms. The number of hydrogen-bond acceptors (Lipinski definition) is 3. The highest BCUT2D eigenvalue weighted by molar-refractivity contribution is 5.78. The van der Waals surface area contributed by atoms with Crippen molar-refractivity contribution in [1.82, 2.24) is 9.80 Å². The Morgan fingerprint density at radius 1 is 1.37 bits per heavy atom. The second kappa shape index (κ2) is 6.06. The Morgan fingerprint density at radius 3 is 2.58 bits per heavy atom. The van der Waals surface area contributed by atoms with E-state index in [-0.39, 0.29) is 5.91 Å². The van der Waals surface area contributed by atoms with Gasteiger partial charge >= 0.3 is 0 Å². The smallest absolute Gasteiger partial charge is 0.226 e. The van der Waals surface area contributed by atoms with Crippen LogP contribution in [0.3, 0.4) is 0 Å². The van der Waals surface area contributed by atoms with Gasteiger partial charge in [0.15, 0.2) is 0 Å². The Bertz CT molecular complexity index is 428. The van der Waals surface area contributed by atoms with Crippen molar-refractivity contribution in [3.8, 4) is 0 Å². The van der Waals surface area contributed by atoms with Crippen molar-refractivity contribution in [2.75, 3.05) is 39.5 Å². The van der Waals surface area contributed by atoms with Crippen molar-refractivity contribution in [3.63, 3.8) is 0 Å². The molecule has 1 aromatic carbocycles. The fraction of sp³-hybridized carbons (Fsp3) is 0.533. The van der Waals surface area contributed by atoms with Crippen LogP contribution in [-0.2, 0) is 11.2 Å². The second-order valence-electron chi connectivity index (χ2n) is 5.55. The Kier molecular flexibility index (Phi) is 4.43. The van der Waals surface area contributed by atoms with Crippen molar-refractivity contribution in [2.45, 2.75) is 18.9 Å². The van der Waals surface area contributed by atoms with Gasteiger partial charge in [0.2, 0.25) is 5.91 Å². The number of likely N-dealkylation sites (N-methyl/N-ethyl adjacent to an activating group) is 2. The van der Waals surface area contributed by atoms with E-state index in [4.69, 9.17) is 0 Å². The molecule has 4 heteroatoms. The maximum absolute atomic E-state index is 11.6. The molecular formula is C15H23N3O. The molecule has 0 radical (unpaired) electrons. The lowest BCUT2D eigenvalue weighted by Gasteiger charge is -2.15. The standard InChI is InChI=1S/C15H23N3O/c1-17(2)15(19)10-12-4-6-13(7-5-12)16-14-8-9-18(3)11-14/h4-7,14,16H,8-11H2,1-3H3. The Labute approximate surface area is 115 Å². The van der Waals surface area contributed by atoms with Gasteiger partial charge in [-0.05, 0) is 37.7 Å². The first-order valence-electron chi connectivity index (χ1n) is 6.79. The van der Waals surface area contributed by atoms with E-state index in [0.29, 0.717) is 12.5 Å². The van der Waals surface area contributed by atoms with E-state index in [1.807, 2.05) is 12.1 Å². The minimum Gasteiger partial charge on any atom is -0.381 e. The van der Waals surface area contributed by atoms with Gasteiger partial charge in [0.1, 0.15) is 0 Å². The largest absolute Gasteiger partial charge is 0.381 e. The number of anilines is 1. The van der Waals surface area contributed by atoms with Crippen molar-refractivity contribution in [2.24, 2.45) is 0 Å². The molecule has 1 N–H and O–H groups in total. The summed E-state index contributed by atoms with van der Waals surface area (Å²) in [6, 6.07) is 8.73. The predicted molar refractivity (Wildman–Crippen MR) is 78.4 cm³/mol. The molecule has 0 aromatic heterocycles. The van der Waals surface area contributed by atoms with Crippen molar-refractivity contribution < 1.29 is 4.79 Å². The summed E-state index contributed by atoms with van der Waals surface area (Å²) in [6.45, 7) is 2.26. The Morgan fingerprint density at radius 2 is 2.05 bits per heavy atom. The maximum Gasteiger partial charge on any atom is 0.226 e. The zero-order valence-electron chi connectivity index (χ0n) is 12.0. The third-order valence-corrected chi connectivity index (χ3v) is 3.57. The monoisotopic (exact) mass is 261 g/mol. The minimum atomic E-state index is 0.137. The van der Waals surface area contributed by atoms with Crippen LogP contribution in [0, 0.1) is 0 Å². The summed E-state index contributed by atoms with van der Waals surface area (Å²) < 4.78 is 0. The molecule has 0 aliphatic carbocycles. The zero-order chi connectivity index (χ0) is 13.8. The molecule has 1 saturated heterocycles. The van der Waals surface area contributed by atoms with Crippen LogP contribution in [-0.4, -0.2) is 56.0 Å². The van der Waals surface area contributed by atoms with Gasteiger partial charge in [-0.15, -0.1) is 0 Å². The van der Waals surface area contributed by atoms with Gasteiger partial charge in [-0.1, -0.05) is 12.1 Å². The molecule has 4 nitrogen and oxygen atoms in total. The number of hydrogen-bond donors (Lipinski definition) is 1. The van der Waals surface area contributed by atoms with E-state index < -0.39 is 0 Å². The number of carbonyl (C=O) groups is 1. The molecule has 1 heterocycles. The molecule has 2 rings (SSSR count). The van der Waals surface area contributed by atoms with Crippen LogP contribution >= 0.6 is 0 Å². The summed E-state index contributed by atoms with van der Waals surface area (Å²) in [5, 5.41) is 3.54. The summed E-state index contributed by atoms with van der Waals surface area (Å²) in [7, 11) is 5.72. The van der Waals surface area contributed by atoms with Crippen LogP contribution in [0.15, 0.2) is 24.3 Å². The lowest BCUT2D eigenvalue weighted by atomic mass is 10.1. The van der Waals surface area contributed by atoms with E-state index in [2.05, 4.69) is 29.4 Å². The first-order chi connectivity index (χ1) is 9.04. The molecule has 0 saturated carbocycles. The quantitative estimate of drug-likeness (QED) is 0.890. The third kappa shape index (κ3) is 3.96. The Balaban J connectivity index is 1.89. The molecule has 104 valence electrons. The van der Waals surface area contributed by atoms with Crippen LogP contribution < -0.4 is 5.32 Å². The molecule has 1 atom stereocenters. The summed E-state index contributed by atoms with van der Waals surface area (Å²) in [4.78, 5) is 15.6. The maximum atomic E-state index is 11.6. The van der Waals surface area contributed by atoms with E-state index >= 15 is 0 Å². The predicted octanol–water partition coefficient (Wildman–Crippen LogP) is 1.43. The van der Waals surface area contributed by atoms with Gasteiger partial charge in [0.25, 0.3) is 0 Å². The first kappa shape index (κ1) is 13.9. The number of benzene rings is 1. The minimum absolute atomic E-state index is 0.137. The molecule has 1 fully saturated rings. The van der Waals surface area contributed by atoms with Gasteiger partial charge in [-0.3, -0.25) is 4.79 Å². The van der Waals surface area contributed by atoms with Gasteiger partial charge in [-0.2, -0.15) is 0 Å². The first-order valence-corrected chi connectivity index (χ1v) is 6.79.